The number of amides is 2. The summed E-state index contributed by atoms with van der Waals surface area (Å²) >= 11 is 0. The minimum absolute atomic E-state index is 0.0566. The first-order valence-corrected chi connectivity index (χ1v) is 8.39. The minimum Gasteiger partial charge on any atom is -0.454 e. The van der Waals surface area contributed by atoms with Gasteiger partial charge in [0, 0.05) is 11.1 Å². The molecule has 2 N–H and O–H groups in total. The van der Waals surface area contributed by atoms with E-state index in [0.29, 0.717) is 5.56 Å². The molecular weight excluding hydrogens is 383 g/mol. The minimum atomic E-state index is -0.847. The average molecular weight is 398 g/mol. The molecule has 0 radical (unpaired) electrons. The van der Waals surface area contributed by atoms with Gasteiger partial charge >= 0.3 is 12.0 Å². The van der Waals surface area contributed by atoms with Crippen LogP contribution in [-0.2, 0) is 14.3 Å². The standard InChI is InChI=1S/C19H15FN4O5/c20-14-8-4-7-13(9-14)17(27)21-10-16(26)28-11-15(25)22-19-24-23-18(29-19)12-5-2-1-3-6-12/h1-9H,10-11H2,(H,21,27)(H,22,24,25). The van der Waals surface area contributed by atoms with E-state index < -0.39 is 36.8 Å². The highest BCUT2D eigenvalue weighted by atomic mass is 19.1. The smallest absolute Gasteiger partial charge is 0.325 e. The molecule has 0 aliphatic carbocycles. The van der Waals surface area contributed by atoms with E-state index in [1.165, 1.54) is 18.2 Å². The first-order valence-electron chi connectivity index (χ1n) is 8.39. The Labute approximate surface area is 163 Å². The van der Waals surface area contributed by atoms with Crippen LogP contribution in [0.25, 0.3) is 11.5 Å². The van der Waals surface area contributed by atoms with Crippen LogP contribution in [0.5, 0.6) is 0 Å². The van der Waals surface area contributed by atoms with Crippen molar-refractivity contribution in [2.75, 3.05) is 18.5 Å². The van der Waals surface area contributed by atoms with Gasteiger partial charge in [-0.2, -0.15) is 0 Å². The number of anilines is 1. The molecule has 0 aliphatic heterocycles. The zero-order valence-electron chi connectivity index (χ0n) is 14.9. The Morgan fingerprint density at radius 1 is 1.03 bits per heavy atom. The molecule has 0 saturated heterocycles. The summed E-state index contributed by atoms with van der Waals surface area (Å²) in [7, 11) is 0. The van der Waals surface area contributed by atoms with Crippen LogP contribution in [0, 0.1) is 5.82 Å². The maximum atomic E-state index is 13.1. The van der Waals surface area contributed by atoms with Gasteiger partial charge in [-0.1, -0.05) is 29.4 Å². The number of hydrogen-bond acceptors (Lipinski definition) is 7. The van der Waals surface area contributed by atoms with Crippen LogP contribution >= 0.6 is 0 Å². The monoisotopic (exact) mass is 398 g/mol. The number of halogens is 1. The molecule has 0 aliphatic rings. The largest absolute Gasteiger partial charge is 0.454 e. The lowest BCUT2D eigenvalue weighted by Crippen LogP contribution is -2.32. The van der Waals surface area contributed by atoms with E-state index in [4.69, 9.17) is 9.15 Å². The molecule has 1 heterocycles. The van der Waals surface area contributed by atoms with E-state index in [0.717, 1.165) is 6.07 Å². The van der Waals surface area contributed by atoms with Crippen LogP contribution in [0.3, 0.4) is 0 Å². The number of ether oxygens (including phenoxy) is 1. The summed E-state index contributed by atoms with van der Waals surface area (Å²) in [6, 6.07) is 13.8. The predicted octanol–water partition coefficient (Wildman–Crippen LogP) is 1.79. The third-order valence-corrected chi connectivity index (χ3v) is 3.54. The molecule has 148 valence electrons. The third-order valence-electron chi connectivity index (χ3n) is 3.54. The molecule has 9 nitrogen and oxygen atoms in total. The summed E-state index contributed by atoms with van der Waals surface area (Å²) in [6.45, 7) is -1.10. The fraction of sp³-hybridized carbons (Fsp3) is 0.105. The van der Waals surface area contributed by atoms with Crippen LogP contribution in [0.4, 0.5) is 10.4 Å². The maximum absolute atomic E-state index is 13.1. The molecule has 2 amide bonds. The van der Waals surface area contributed by atoms with Crippen LogP contribution in [-0.4, -0.2) is 41.1 Å². The summed E-state index contributed by atoms with van der Waals surface area (Å²) in [5.41, 5.74) is 0.738. The molecular formula is C19H15FN4O5. The first kappa shape index (κ1) is 19.7. The van der Waals surface area contributed by atoms with Crippen molar-refractivity contribution in [1.29, 1.82) is 0 Å². The second kappa shape index (κ2) is 9.22. The zero-order chi connectivity index (χ0) is 20.6. The first-order chi connectivity index (χ1) is 14.0. The normalized spacial score (nSPS) is 10.2. The van der Waals surface area contributed by atoms with Crippen LogP contribution in [0.15, 0.2) is 59.0 Å². The van der Waals surface area contributed by atoms with Gasteiger partial charge in [-0.15, -0.1) is 5.10 Å². The Kier molecular flexibility index (Phi) is 6.25. The number of nitrogens with zero attached hydrogens (tertiary/aromatic N) is 2. The summed E-state index contributed by atoms with van der Waals surface area (Å²) in [5, 5.41) is 12.1. The van der Waals surface area contributed by atoms with Crippen molar-refractivity contribution in [3.05, 3.63) is 66.0 Å². The number of aromatic nitrogens is 2. The quantitative estimate of drug-likeness (QED) is 0.582. The topological polar surface area (TPSA) is 123 Å². The zero-order valence-corrected chi connectivity index (χ0v) is 14.9. The van der Waals surface area contributed by atoms with Crippen LogP contribution < -0.4 is 10.6 Å². The number of esters is 1. The van der Waals surface area contributed by atoms with Crippen molar-refractivity contribution in [1.82, 2.24) is 15.5 Å². The van der Waals surface area contributed by atoms with Crippen molar-refractivity contribution in [2.24, 2.45) is 0 Å². The van der Waals surface area contributed by atoms with E-state index in [9.17, 15) is 18.8 Å². The van der Waals surface area contributed by atoms with Gasteiger partial charge in [0.15, 0.2) is 6.61 Å². The molecule has 0 atom stereocenters. The predicted molar refractivity (Wildman–Crippen MR) is 98.1 cm³/mol. The average Bonchev–Trinajstić information content (AvgIpc) is 3.19. The van der Waals surface area contributed by atoms with E-state index in [-0.39, 0.29) is 17.5 Å². The highest BCUT2D eigenvalue weighted by Gasteiger charge is 2.14. The molecule has 2 aromatic carbocycles. The molecule has 0 bridgehead atoms. The number of carbonyl (C=O) groups excluding carboxylic acids is 3. The lowest BCUT2D eigenvalue weighted by molar-refractivity contribution is -0.146. The van der Waals surface area contributed by atoms with Gasteiger partial charge in [0.05, 0.1) is 0 Å². The fourth-order valence-electron chi connectivity index (χ4n) is 2.21. The Morgan fingerprint density at radius 2 is 1.83 bits per heavy atom. The lowest BCUT2D eigenvalue weighted by Gasteiger charge is -2.06. The van der Waals surface area contributed by atoms with Crippen LogP contribution in [0.1, 0.15) is 10.4 Å². The van der Waals surface area contributed by atoms with Gasteiger partial charge in [0.25, 0.3) is 11.8 Å². The molecule has 3 rings (SSSR count). The summed E-state index contributed by atoms with van der Waals surface area (Å²) in [5.74, 6) is -2.55. The second-order valence-corrected chi connectivity index (χ2v) is 5.68. The van der Waals surface area contributed by atoms with E-state index in [1.807, 2.05) is 6.07 Å². The number of hydrogen-bond donors (Lipinski definition) is 2. The highest BCUT2D eigenvalue weighted by molar-refractivity contribution is 5.96. The summed E-state index contributed by atoms with van der Waals surface area (Å²) in [4.78, 5) is 35.3. The number of rotatable bonds is 7. The number of nitrogens with one attached hydrogen (secondary N) is 2. The van der Waals surface area contributed by atoms with Gasteiger partial charge in [-0.25, -0.2) is 4.39 Å². The maximum Gasteiger partial charge on any atom is 0.325 e. The molecule has 29 heavy (non-hydrogen) atoms. The summed E-state index contributed by atoms with van der Waals surface area (Å²) in [6.07, 6.45) is 0. The van der Waals surface area contributed by atoms with Gasteiger partial charge in [-0.3, -0.25) is 19.7 Å². The van der Waals surface area contributed by atoms with E-state index in [1.54, 1.807) is 24.3 Å². The van der Waals surface area contributed by atoms with E-state index >= 15 is 0 Å². The molecule has 10 heteroatoms. The molecule has 1 aromatic heterocycles. The second-order valence-electron chi connectivity index (χ2n) is 5.68. The highest BCUT2D eigenvalue weighted by Crippen LogP contribution is 2.18. The van der Waals surface area contributed by atoms with Gasteiger partial charge in [0.1, 0.15) is 12.4 Å². The van der Waals surface area contributed by atoms with Crippen molar-refractivity contribution >= 4 is 23.8 Å². The summed E-state index contributed by atoms with van der Waals surface area (Å²) < 4.78 is 23.1. The van der Waals surface area contributed by atoms with Gasteiger partial charge in [0.2, 0.25) is 5.89 Å². The van der Waals surface area contributed by atoms with Crippen molar-refractivity contribution < 1.29 is 27.9 Å². The number of benzene rings is 2. The van der Waals surface area contributed by atoms with Crippen molar-refractivity contribution in [3.63, 3.8) is 0 Å². The van der Waals surface area contributed by atoms with Gasteiger partial charge < -0.3 is 14.5 Å². The Balaban J connectivity index is 1.42. The van der Waals surface area contributed by atoms with E-state index in [2.05, 4.69) is 20.8 Å². The Morgan fingerprint density at radius 3 is 2.59 bits per heavy atom. The van der Waals surface area contributed by atoms with Crippen LogP contribution in [0.2, 0.25) is 0 Å². The SMILES string of the molecule is O=C(COC(=O)CNC(=O)c1cccc(F)c1)Nc1nnc(-c2ccccc2)o1. The van der Waals surface area contributed by atoms with Crippen molar-refractivity contribution in [3.8, 4) is 11.5 Å². The number of carbonyl (C=O) groups is 3. The molecule has 0 saturated carbocycles. The lowest BCUT2D eigenvalue weighted by atomic mass is 10.2. The molecule has 0 spiro atoms. The molecule has 3 aromatic rings. The molecule has 0 unspecified atom stereocenters. The van der Waals surface area contributed by atoms with Crippen molar-refractivity contribution in [2.45, 2.75) is 0 Å². The Bertz CT molecular complexity index is 1020. The third kappa shape index (κ3) is 5.70. The molecule has 0 fully saturated rings. The Hall–Kier alpha value is -4.08. The van der Waals surface area contributed by atoms with Gasteiger partial charge in [-0.05, 0) is 30.3 Å². The fourth-order valence-corrected chi connectivity index (χ4v) is 2.21.